The van der Waals surface area contributed by atoms with Gasteiger partial charge in [-0.2, -0.15) is 22.7 Å². The van der Waals surface area contributed by atoms with Gasteiger partial charge < -0.3 is 10.0 Å². The van der Waals surface area contributed by atoms with Gasteiger partial charge in [0.1, 0.15) is 11.1 Å². The van der Waals surface area contributed by atoms with Crippen molar-refractivity contribution in [1.82, 2.24) is 23.9 Å². The summed E-state index contributed by atoms with van der Waals surface area (Å²) in [5.74, 6) is -0.939. The lowest BCUT2D eigenvalue weighted by atomic mass is 9.98. The average Bonchev–Trinajstić information content (AvgIpc) is 3.43. The van der Waals surface area contributed by atoms with Crippen molar-refractivity contribution in [1.29, 1.82) is 0 Å². The minimum Gasteiger partial charge on any atom is -0.395 e. The van der Waals surface area contributed by atoms with Gasteiger partial charge in [-0.25, -0.2) is 4.39 Å². The minimum atomic E-state index is -4.01. The first-order chi connectivity index (χ1) is 15.2. The molecule has 1 amide bonds. The van der Waals surface area contributed by atoms with Gasteiger partial charge >= 0.3 is 0 Å². The molecule has 3 heterocycles. The van der Waals surface area contributed by atoms with E-state index in [1.54, 1.807) is 36.1 Å². The summed E-state index contributed by atoms with van der Waals surface area (Å²) in [4.78, 5) is 14.5. The van der Waals surface area contributed by atoms with Crippen molar-refractivity contribution in [3.05, 3.63) is 65.2 Å². The molecule has 0 aliphatic carbocycles. The highest BCUT2D eigenvalue weighted by atomic mass is 32.2. The van der Waals surface area contributed by atoms with Crippen molar-refractivity contribution in [2.24, 2.45) is 0 Å². The Balaban J connectivity index is 1.54. The standard InChI is InChI=1S/C21H24FN5O4S/c1-14(22)9-26-15(2)20(8-23-26)32(30,31)27-11-17-10-25(12-19(17)24-27)21(29)18(13-28)16-6-4-3-5-7-16/h3-8,11,14,18,28H,9-10,12-13H2,1-2H3/t14?,18-/m1/s1. The number of nitrogens with zero attached hydrogens (tertiary/aromatic N) is 5. The molecule has 1 aromatic carbocycles. The first-order valence-corrected chi connectivity index (χ1v) is 11.6. The number of amides is 1. The number of fused-ring (bicyclic) bond motifs is 1. The van der Waals surface area contributed by atoms with Crippen LogP contribution in [-0.2, 0) is 34.5 Å². The van der Waals surface area contributed by atoms with E-state index in [2.05, 4.69) is 10.2 Å². The van der Waals surface area contributed by atoms with Gasteiger partial charge in [-0.3, -0.25) is 9.48 Å². The number of aliphatic hydroxyl groups excluding tert-OH is 1. The highest BCUT2D eigenvalue weighted by Crippen LogP contribution is 2.28. The molecular weight excluding hydrogens is 437 g/mol. The normalized spacial score (nSPS) is 15.6. The predicted octanol–water partition coefficient (Wildman–Crippen LogP) is 1.60. The Labute approximate surface area is 185 Å². The number of carbonyl (C=O) groups is 1. The van der Waals surface area contributed by atoms with Gasteiger partial charge in [0, 0.05) is 18.3 Å². The molecule has 1 N–H and O–H groups in total. The van der Waals surface area contributed by atoms with Gasteiger partial charge in [0.05, 0.1) is 43.2 Å². The third-order valence-electron chi connectivity index (χ3n) is 5.56. The summed E-state index contributed by atoms with van der Waals surface area (Å²) in [5.41, 5.74) is 2.14. The molecule has 0 saturated heterocycles. The molecule has 11 heteroatoms. The number of halogens is 1. The first kappa shape index (κ1) is 22.2. The summed E-state index contributed by atoms with van der Waals surface area (Å²) < 4.78 is 41.6. The summed E-state index contributed by atoms with van der Waals surface area (Å²) in [6.07, 6.45) is 1.42. The number of aliphatic hydroxyl groups is 1. The van der Waals surface area contributed by atoms with Crippen molar-refractivity contribution in [2.45, 2.75) is 50.5 Å². The van der Waals surface area contributed by atoms with E-state index in [0.717, 1.165) is 4.09 Å². The molecule has 1 unspecified atom stereocenters. The molecule has 9 nitrogen and oxygen atoms in total. The fourth-order valence-electron chi connectivity index (χ4n) is 3.84. The van der Waals surface area contributed by atoms with Crippen LogP contribution in [0.2, 0.25) is 0 Å². The van der Waals surface area contributed by atoms with Gasteiger partial charge in [0.15, 0.2) is 0 Å². The van der Waals surface area contributed by atoms with Gasteiger partial charge in [-0.1, -0.05) is 30.3 Å². The molecular formula is C21H24FN5O4S. The summed E-state index contributed by atoms with van der Waals surface area (Å²) in [7, 11) is -4.01. The number of alkyl halides is 1. The van der Waals surface area contributed by atoms with Crippen LogP contribution in [0.15, 0.2) is 47.6 Å². The van der Waals surface area contributed by atoms with Crippen molar-refractivity contribution in [3.8, 4) is 0 Å². The summed E-state index contributed by atoms with van der Waals surface area (Å²) in [6.45, 7) is 2.92. The Hall–Kier alpha value is -3.05. The number of carbonyl (C=O) groups excluding carboxylic acids is 1. The molecule has 4 rings (SSSR count). The van der Waals surface area contributed by atoms with Crippen LogP contribution in [0.5, 0.6) is 0 Å². The van der Waals surface area contributed by atoms with E-state index >= 15 is 0 Å². The minimum absolute atomic E-state index is 0.0402. The molecule has 3 aromatic rings. The smallest absolute Gasteiger partial charge is 0.286 e. The Kier molecular flexibility index (Phi) is 5.87. The molecule has 32 heavy (non-hydrogen) atoms. The van der Waals surface area contributed by atoms with Crippen molar-refractivity contribution in [3.63, 3.8) is 0 Å². The highest BCUT2D eigenvalue weighted by molar-refractivity contribution is 7.89. The van der Waals surface area contributed by atoms with E-state index in [-0.39, 0.29) is 37.0 Å². The van der Waals surface area contributed by atoms with Crippen molar-refractivity contribution in [2.75, 3.05) is 6.61 Å². The molecule has 2 aromatic heterocycles. The predicted molar refractivity (Wildman–Crippen MR) is 113 cm³/mol. The van der Waals surface area contributed by atoms with Crippen LogP contribution in [0.25, 0.3) is 0 Å². The fraction of sp³-hybridized carbons (Fsp3) is 0.381. The highest BCUT2D eigenvalue weighted by Gasteiger charge is 2.34. The molecule has 0 fully saturated rings. The topological polar surface area (TPSA) is 110 Å². The second kappa shape index (κ2) is 8.47. The zero-order valence-electron chi connectivity index (χ0n) is 17.7. The molecule has 0 spiro atoms. The third-order valence-corrected chi connectivity index (χ3v) is 7.20. The van der Waals surface area contributed by atoms with E-state index < -0.39 is 22.1 Å². The van der Waals surface area contributed by atoms with Crippen LogP contribution < -0.4 is 0 Å². The quantitative estimate of drug-likeness (QED) is 0.572. The zero-order valence-corrected chi connectivity index (χ0v) is 18.5. The van der Waals surface area contributed by atoms with Crippen molar-refractivity contribution >= 4 is 15.9 Å². The van der Waals surface area contributed by atoms with E-state index in [1.165, 1.54) is 24.0 Å². The number of hydrogen-bond acceptors (Lipinski definition) is 6. The van der Waals surface area contributed by atoms with Crippen LogP contribution >= 0.6 is 0 Å². The number of rotatable bonds is 7. The van der Waals surface area contributed by atoms with Gasteiger partial charge in [0.25, 0.3) is 10.0 Å². The van der Waals surface area contributed by atoms with Gasteiger partial charge in [0.2, 0.25) is 5.91 Å². The average molecular weight is 462 g/mol. The van der Waals surface area contributed by atoms with E-state index in [1.807, 2.05) is 6.07 Å². The van der Waals surface area contributed by atoms with E-state index in [9.17, 15) is 22.7 Å². The lowest BCUT2D eigenvalue weighted by Crippen LogP contribution is -2.33. The maximum atomic E-state index is 13.3. The van der Waals surface area contributed by atoms with Crippen LogP contribution in [-0.4, -0.2) is 56.1 Å². The Morgan fingerprint density at radius 1 is 1.25 bits per heavy atom. The van der Waals surface area contributed by atoms with Crippen LogP contribution in [0.3, 0.4) is 0 Å². The molecule has 170 valence electrons. The molecule has 0 radical (unpaired) electrons. The monoisotopic (exact) mass is 461 g/mol. The lowest BCUT2D eigenvalue weighted by molar-refractivity contribution is -0.134. The molecule has 1 aliphatic heterocycles. The summed E-state index contributed by atoms with van der Waals surface area (Å²) in [5, 5.41) is 17.9. The van der Waals surface area contributed by atoms with Crippen LogP contribution in [0.4, 0.5) is 4.39 Å². The SMILES string of the molecule is Cc1c(S(=O)(=O)n2cc3c(n2)CN(C(=O)[C@H](CO)c2ccccc2)C3)cnn1CC(C)F. The van der Waals surface area contributed by atoms with E-state index in [4.69, 9.17) is 0 Å². The van der Waals surface area contributed by atoms with Gasteiger partial charge in [-0.05, 0) is 19.4 Å². The largest absolute Gasteiger partial charge is 0.395 e. The van der Waals surface area contributed by atoms with Crippen molar-refractivity contribution < 1.29 is 22.7 Å². The first-order valence-electron chi connectivity index (χ1n) is 10.2. The second-order valence-electron chi connectivity index (χ2n) is 7.88. The Bertz CT molecular complexity index is 1210. The summed E-state index contributed by atoms with van der Waals surface area (Å²) >= 11 is 0. The third kappa shape index (κ3) is 3.93. The Morgan fingerprint density at radius 3 is 2.59 bits per heavy atom. The number of benzene rings is 1. The van der Waals surface area contributed by atoms with Gasteiger partial charge in [-0.15, -0.1) is 0 Å². The molecule has 0 bridgehead atoms. The maximum absolute atomic E-state index is 13.3. The molecule has 0 saturated carbocycles. The molecule has 2 atom stereocenters. The second-order valence-corrected chi connectivity index (χ2v) is 9.64. The van der Waals surface area contributed by atoms with Crippen LogP contribution in [0.1, 0.15) is 35.4 Å². The molecule has 1 aliphatic rings. The van der Waals surface area contributed by atoms with E-state index in [0.29, 0.717) is 22.5 Å². The Morgan fingerprint density at radius 2 is 1.97 bits per heavy atom. The lowest BCUT2D eigenvalue weighted by Gasteiger charge is -2.22. The number of hydrogen-bond donors (Lipinski definition) is 1. The summed E-state index contributed by atoms with van der Waals surface area (Å²) in [6, 6.07) is 9.01. The van der Waals surface area contributed by atoms with Crippen LogP contribution in [0, 0.1) is 6.92 Å². The zero-order chi connectivity index (χ0) is 23.0. The fourth-order valence-corrected chi connectivity index (χ4v) is 5.18. The maximum Gasteiger partial charge on any atom is 0.286 e. The number of aromatic nitrogens is 4.